The molecule has 2 rings (SSSR count). The summed E-state index contributed by atoms with van der Waals surface area (Å²) in [6, 6.07) is 11.9. The van der Waals surface area contributed by atoms with Crippen molar-refractivity contribution >= 4 is 5.69 Å². The molecule has 0 radical (unpaired) electrons. The summed E-state index contributed by atoms with van der Waals surface area (Å²) >= 11 is 0. The second kappa shape index (κ2) is 3.11. The molecule has 0 aromatic heterocycles. The van der Waals surface area contributed by atoms with Crippen LogP contribution >= 0.6 is 0 Å². The fraction of sp³-hybridized carbons (Fsp3) is 0.300. The lowest BCUT2D eigenvalue weighted by atomic mass is 10.1. The van der Waals surface area contributed by atoms with Crippen LogP contribution in [0.4, 0.5) is 5.69 Å². The Balaban J connectivity index is 2.20. The minimum atomic E-state index is -0.699. The van der Waals surface area contributed by atoms with Gasteiger partial charge in [0.25, 0.3) is 0 Å². The number of anilines is 1. The summed E-state index contributed by atoms with van der Waals surface area (Å²) in [6.45, 7) is 2.30. The van der Waals surface area contributed by atoms with Crippen molar-refractivity contribution in [3.05, 3.63) is 30.3 Å². The molecule has 1 atom stereocenters. The van der Waals surface area contributed by atoms with Gasteiger partial charge in [0, 0.05) is 0 Å². The van der Waals surface area contributed by atoms with E-state index < -0.39 is 5.54 Å². The van der Waals surface area contributed by atoms with Crippen LogP contribution in [-0.2, 0) is 0 Å². The van der Waals surface area contributed by atoms with Gasteiger partial charge >= 0.3 is 0 Å². The molecule has 0 bridgehead atoms. The van der Waals surface area contributed by atoms with Crippen LogP contribution in [-0.4, -0.2) is 12.1 Å². The van der Waals surface area contributed by atoms with E-state index in [2.05, 4.69) is 16.4 Å². The molecule has 0 aliphatic carbocycles. The fourth-order valence-corrected chi connectivity index (χ4v) is 1.31. The van der Waals surface area contributed by atoms with E-state index in [1.807, 2.05) is 30.3 Å². The van der Waals surface area contributed by atoms with E-state index in [1.165, 1.54) is 0 Å². The lowest BCUT2D eigenvalue weighted by Crippen LogP contribution is -2.28. The number of nitriles is 1. The Morgan fingerprint density at radius 1 is 1.43 bits per heavy atom. The summed E-state index contributed by atoms with van der Waals surface area (Å²) in [5, 5.41) is 18.5. The highest BCUT2D eigenvalue weighted by molar-refractivity contribution is 5.46. The normalized spacial score (nSPS) is 25.0. The average molecular weight is 186 g/mol. The van der Waals surface area contributed by atoms with Gasteiger partial charge < -0.3 is 0 Å². The predicted octanol–water partition coefficient (Wildman–Crippen LogP) is 2.16. The van der Waals surface area contributed by atoms with Crippen LogP contribution in [0.1, 0.15) is 6.92 Å². The van der Waals surface area contributed by atoms with Crippen LogP contribution in [0.3, 0.4) is 0 Å². The van der Waals surface area contributed by atoms with Crippen molar-refractivity contribution in [1.29, 1.82) is 5.26 Å². The molecule has 4 heteroatoms. The Bertz CT molecular complexity index is 392. The summed E-state index contributed by atoms with van der Waals surface area (Å²) in [5.74, 6) is 0. The summed E-state index contributed by atoms with van der Waals surface area (Å²) in [6.07, 6.45) is 0. The van der Waals surface area contributed by atoms with Gasteiger partial charge in [0.1, 0.15) is 0 Å². The molecule has 4 nitrogen and oxygen atoms in total. The molecule has 0 amide bonds. The van der Waals surface area contributed by atoms with Gasteiger partial charge in [0.2, 0.25) is 0 Å². The van der Waals surface area contributed by atoms with E-state index in [1.54, 1.807) is 11.9 Å². The van der Waals surface area contributed by atoms with Crippen molar-refractivity contribution in [1.82, 2.24) is 0 Å². The standard InChI is InChI=1S/C10H10N4/c1-10(7-11)8-14(13-12-10)9-5-3-2-4-6-9/h2-6H,8H2,1H3. The zero-order valence-electron chi connectivity index (χ0n) is 7.88. The average Bonchev–Trinajstić information content (AvgIpc) is 2.63. The second-order valence-corrected chi connectivity index (χ2v) is 3.47. The van der Waals surface area contributed by atoms with Gasteiger partial charge in [-0.1, -0.05) is 23.4 Å². The molecule has 1 aromatic carbocycles. The first kappa shape index (κ1) is 8.70. The van der Waals surface area contributed by atoms with Crippen molar-refractivity contribution < 1.29 is 0 Å². The lowest BCUT2D eigenvalue weighted by Gasteiger charge is -2.14. The zero-order valence-corrected chi connectivity index (χ0v) is 7.88. The van der Waals surface area contributed by atoms with E-state index in [4.69, 9.17) is 5.26 Å². The maximum absolute atomic E-state index is 8.86. The van der Waals surface area contributed by atoms with Crippen molar-refractivity contribution in [2.24, 2.45) is 10.3 Å². The predicted molar refractivity (Wildman–Crippen MR) is 52.7 cm³/mol. The maximum atomic E-state index is 8.86. The molecule has 1 unspecified atom stereocenters. The first-order chi connectivity index (χ1) is 6.73. The third kappa shape index (κ3) is 1.44. The van der Waals surface area contributed by atoms with Crippen molar-refractivity contribution in [3.63, 3.8) is 0 Å². The third-order valence-electron chi connectivity index (χ3n) is 2.13. The van der Waals surface area contributed by atoms with Crippen LogP contribution < -0.4 is 5.01 Å². The Morgan fingerprint density at radius 2 is 2.14 bits per heavy atom. The van der Waals surface area contributed by atoms with Gasteiger partial charge in [0.15, 0.2) is 5.54 Å². The maximum Gasteiger partial charge on any atom is 0.186 e. The Kier molecular flexibility index (Phi) is 1.93. The second-order valence-electron chi connectivity index (χ2n) is 3.47. The van der Waals surface area contributed by atoms with E-state index in [0.29, 0.717) is 6.54 Å². The summed E-state index contributed by atoms with van der Waals surface area (Å²) < 4.78 is 0. The highest BCUT2D eigenvalue weighted by Gasteiger charge is 2.32. The molecule has 0 fully saturated rings. The minimum absolute atomic E-state index is 0.521. The van der Waals surface area contributed by atoms with Crippen LogP contribution in [0.2, 0.25) is 0 Å². The SMILES string of the molecule is CC1(C#N)CN(c2ccccc2)N=N1. The van der Waals surface area contributed by atoms with E-state index in [-0.39, 0.29) is 0 Å². The van der Waals surface area contributed by atoms with E-state index >= 15 is 0 Å². The van der Waals surface area contributed by atoms with Crippen LogP contribution in [0.15, 0.2) is 40.7 Å². The van der Waals surface area contributed by atoms with Gasteiger partial charge in [-0.15, -0.1) is 5.11 Å². The number of hydrogen-bond acceptors (Lipinski definition) is 4. The molecule has 14 heavy (non-hydrogen) atoms. The summed E-state index contributed by atoms with van der Waals surface area (Å²) in [7, 11) is 0. The van der Waals surface area contributed by atoms with Crippen LogP contribution in [0.5, 0.6) is 0 Å². The molecule has 1 aromatic rings. The monoisotopic (exact) mass is 186 g/mol. The number of hydrogen-bond donors (Lipinski definition) is 0. The van der Waals surface area contributed by atoms with Crippen LogP contribution in [0, 0.1) is 11.3 Å². The number of para-hydroxylation sites is 1. The minimum Gasteiger partial charge on any atom is -0.244 e. The van der Waals surface area contributed by atoms with Gasteiger partial charge in [-0.25, -0.2) is 5.01 Å². The Labute approximate surface area is 82.5 Å². The topological polar surface area (TPSA) is 51.8 Å². The molecule has 0 saturated carbocycles. The molecular formula is C10H10N4. The van der Waals surface area contributed by atoms with Gasteiger partial charge in [-0.2, -0.15) is 5.26 Å². The van der Waals surface area contributed by atoms with Gasteiger partial charge in [-0.3, -0.25) is 0 Å². The highest BCUT2D eigenvalue weighted by atomic mass is 15.6. The largest absolute Gasteiger partial charge is 0.244 e. The van der Waals surface area contributed by atoms with Gasteiger partial charge in [0.05, 0.1) is 18.3 Å². The summed E-state index contributed by atoms with van der Waals surface area (Å²) in [5.41, 5.74) is 0.269. The molecule has 0 N–H and O–H groups in total. The quantitative estimate of drug-likeness (QED) is 0.674. The van der Waals surface area contributed by atoms with Crippen molar-refractivity contribution in [2.75, 3.05) is 11.6 Å². The zero-order chi connectivity index (χ0) is 10.0. The molecular weight excluding hydrogens is 176 g/mol. The van der Waals surface area contributed by atoms with E-state index in [0.717, 1.165) is 5.69 Å². The number of rotatable bonds is 1. The molecule has 0 saturated heterocycles. The lowest BCUT2D eigenvalue weighted by molar-refractivity contribution is 0.647. The first-order valence-electron chi connectivity index (χ1n) is 4.40. The molecule has 0 spiro atoms. The van der Waals surface area contributed by atoms with Crippen molar-refractivity contribution in [3.8, 4) is 6.07 Å². The highest BCUT2D eigenvalue weighted by Crippen LogP contribution is 2.25. The molecule has 1 heterocycles. The first-order valence-corrected chi connectivity index (χ1v) is 4.40. The number of benzene rings is 1. The number of nitrogens with zero attached hydrogens (tertiary/aromatic N) is 4. The fourth-order valence-electron chi connectivity index (χ4n) is 1.31. The Morgan fingerprint density at radius 3 is 2.71 bits per heavy atom. The van der Waals surface area contributed by atoms with Crippen LogP contribution in [0.25, 0.3) is 0 Å². The van der Waals surface area contributed by atoms with E-state index in [9.17, 15) is 0 Å². The van der Waals surface area contributed by atoms with Crippen molar-refractivity contribution in [2.45, 2.75) is 12.5 Å². The smallest absolute Gasteiger partial charge is 0.186 e. The molecule has 70 valence electrons. The summed E-state index contributed by atoms with van der Waals surface area (Å²) in [4.78, 5) is 0. The van der Waals surface area contributed by atoms with Gasteiger partial charge in [-0.05, 0) is 19.1 Å². The molecule has 1 aliphatic rings. The Hall–Kier alpha value is -1.89. The molecule has 1 aliphatic heterocycles. The third-order valence-corrected chi connectivity index (χ3v) is 2.13.